The number of thiazole rings is 1. The lowest BCUT2D eigenvalue weighted by Gasteiger charge is -2.34. The molecular formula is C22H24ClN5O3S. The lowest BCUT2D eigenvalue weighted by molar-refractivity contribution is -0.0707. The Morgan fingerprint density at radius 2 is 2.00 bits per heavy atom. The molecule has 1 aromatic carbocycles. The van der Waals surface area contributed by atoms with E-state index in [2.05, 4.69) is 34.1 Å². The molecule has 1 N–H and O–H groups in total. The molecule has 0 unspecified atom stereocenters. The molecule has 2 atom stereocenters. The Bertz CT molecular complexity index is 1180. The van der Waals surface area contributed by atoms with E-state index in [0.29, 0.717) is 28.1 Å². The van der Waals surface area contributed by atoms with E-state index in [4.69, 9.17) is 16.3 Å². The van der Waals surface area contributed by atoms with Crippen LogP contribution in [-0.4, -0.2) is 50.9 Å². The molecule has 0 saturated carbocycles. The SMILES string of the molecule is Cc1cc(=O)c(C(=O)Nc2nc(CN3C[C@H](C)O[C@@H](C)C3)cs2)nn1-c1ccccc1Cl. The lowest BCUT2D eigenvalue weighted by Crippen LogP contribution is -2.44. The molecule has 8 nitrogen and oxygen atoms in total. The zero-order chi connectivity index (χ0) is 22.8. The molecule has 0 spiro atoms. The van der Waals surface area contributed by atoms with Gasteiger partial charge >= 0.3 is 0 Å². The van der Waals surface area contributed by atoms with Gasteiger partial charge in [-0.25, -0.2) is 9.67 Å². The molecule has 0 aliphatic carbocycles. The van der Waals surface area contributed by atoms with E-state index in [1.165, 1.54) is 22.1 Å². The number of halogens is 1. The van der Waals surface area contributed by atoms with Gasteiger partial charge in [-0.05, 0) is 32.9 Å². The van der Waals surface area contributed by atoms with Crippen LogP contribution in [0.1, 0.15) is 35.7 Å². The summed E-state index contributed by atoms with van der Waals surface area (Å²) in [4.78, 5) is 32.1. The van der Waals surface area contributed by atoms with Crippen molar-refractivity contribution in [1.82, 2.24) is 19.7 Å². The number of carbonyl (C=O) groups is 1. The molecule has 10 heteroatoms. The zero-order valence-electron chi connectivity index (χ0n) is 18.0. The maximum Gasteiger partial charge on any atom is 0.281 e. The highest BCUT2D eigenvalue weighted by atomic mass is 35.5. The van der Waals surface area contributed by atoms with Gasteiger partial charge in [0.25, 0.3) is 5.91 Å². The molecule has 168 valence electrons. The lowest BCUT2D eigenvalue weighted by atomic mass is 10.2. The highest BCUT2D eigenvalue weighted by molar-refractivity contribution is 7.13. The van der Waals surface area contributed by atoms with Gasteiger partial charge in [0.05, 0.1) is 28.6 Å². The first-order valence-electron chi connectivity index (χ1n) is 10.3. The number of aromatic nitrogens is 3. The zero-order valence-corrected chi connectivity index (χ0v) is 19.6. The molecule has 3 heterocycles. The average Bonchev–Trinajstić information content (AvgIpc) is 3.14. The molecule has 1 aliphatic heterocycles. The number of hydrogen-bond acceptors (Lipinski definition) is 7. The summed E-state index contributed by atoms with van der Waals surface area (Å²) in [6.07, 6.45) is 0.342. The number of hydrogen-bond donors (Lipinski definition) is 1. The van der Waals surface area contributed by atoms with Crippen molar-refractivity contribution in [1.29, 1.82) is 0 Å². The van der Waals surface area contributed by atoms with Crippen molar-refractivity contribution >= 4 is 34.0 Å². The normalized spacial score (nSPS) is 19.1. The fourth-order valence-corrected chi connectivity index (χ4v) is 4.72. The Morgan fingerprint density at radius 1 is 1.28 bits per heavy atom. The molecule has 3 aromatic rings. The second kappa shape index (κ2) is 9.50. The van der Waals surface area contributed by atoms with E-state index in [1.54, 1.807) is 25.1 Å². The molecule has 0 bridgehead atoms. The largest absolute Gasteiger partial charge is 0.373 e. The number of morpholine rings is 1. The standard InChI is InChI=1S/C22H24ClN5O3S/c1-13-8-19(29)20(26-28(13)18-7-5-4-6-17(18)23)21(30)25-22-24-16(12-32-22)11-27-9-14(2)31-15(3)10-27/h4-8,12,14-15H,9-11H2,1-3H3,(H,24,25,30)/t14-,15-/m0/s1. The monoisotopic (exact) mass is 473 g/mol. The number of rotatable bonds is 5. The van der Waals surface area contributed by atoms with Crippen molar-refractivity contribution in [3.8, 4) is 5.69 Å². The topological polar surface area (TPSA) is 89.3 Å². The number of anilines is 1. The van der Waals surface area contributed by atoms with Gasteiger partial charge in [0.2, 0.25) is 5.43 Å². The predicted octanol–water partition coefficient (Wildman–Crippen LogP) is 3.51. The van der Waals surface area contributed by atoms with E-state index < -0.39 is 11.3 Å². The van der Waals surface area contributed by atoms with Gasteiger partial charge in [-0.3, -0.25) is 19.8 Å². The number of nitrogens with zero attached hydrogens (tertiary/aromatic N) is 4. The van der Waals surface area contributed by atoms with Crippen molar-refractivity contribution in [2.75, 3.05) is 18.4 Å². The summed E-state index contributed by atoms with van der Waals surface area (Å²) < 4.78 is 7.26. The molecule has 2 aromatic heterocycles. The fourth-order valence-electron chi connectivity index (χ4n) is 3.81. The van der Waals surface area contributed by atoms with Gasteiger partial charge in [0.15, 0.2) is 10.8 Å². The van der Waals surface area contributed by atoms with Crippen molar-refractivity contribution in [3.05, 3.63) is 68.0 Å². The number of amides is 1. The van der Waals surface area contributed by atoms with Crippen LogP contribution in [-0.2, 0) is 11.3 Å². The number of benzene rings is 1. The molecule has 1 aliphatic rings. The van der Waals surface area contributed by atoms with Crippen LogP contribution in [0.3, 0.4) is 0 Å². The van der Waals surface area contributed by atoms with Gasteiger partial charge in [0.1, 0.15) is 0 Å². The molecular weight excluding hydrogens is 450 g/mol. The molecule has 1 fully saturated rings. The number of nitrogens with one attached hydrogen (secondary N) is 1. The summed E-state index contributed by atoms with van der Waals surface area (Å²) in [6.45, 7) is 8.18. The Hall–Kier alpha value is -2.59. The van der Waals surface area contributed by atoms with Crippen LogP contribution in [0, 0.1) is 6.92 Å². The summed E-state index contributed by atoms with van der Waals surface area (Å²) in [7, 11) is 0. The van der Waals surface area contributed by atoms with Crippen LogP contribution in [0.4, 0.5) is 5.13 Å². The minimum absolute atomic E-state index is 0.171. The molecule has 4 rings (SSSR count). The maximum absolute atomic E-state index is 12.8. The van der Waals surface area contributed by atoms with Crippen LogP contribution in [0.5, 0.6) is 0 Å². The molecule has 1 amide bonds. The van der Waals surface area contributed by atoms with Crippen LogP contribution >= 0.6 is 22.9 Å². The van der Waals surface area contributed by atoms with E-state index in [-0.39, 0.29) is 17.9 Å². The van der Waals surface area contributed by atoms with Crippen LogP contribution in [0.25, 0.3) is 5.69 Å². The van der Waals surface area contributed by atoms with Crippen molar-refractivity contribution in [2.24, 2.45) is 0 Å². The predicted molar refractivity (Wildman–Crippen MR) is 125 cm³/mol. The first-order valence-corrected chi connectivity index (χ1v) is 11.6. The van der Waals surface area contributed by atoms with E-state index in [0.717, 1.165) is 18.8 Å². The second-order valence-electron chi connectivity index (χ2n) is 7.91. The van der Waals surface area contributed by atoms with Crippen LogP contribution in [0.15, 0.2) is 40.5 Å². The number of para-hydroxylation sites is 1. The highest BCUT2D eigenvalue weighted by Gasteiger charge is 2.23. The molecule has 32 heavy (non-hydrogen) atoms. The minimum Gasteiger partial charge on any atom is -0.373 e. The first kappa shape index (κ1) is 22.6. The van der Waals surface area contributed by atoms with Crippen LogP contribution < -0.4 is 10.7 Å². The molecule has 1 saturated heterocycles. The summed E-state index contributed by atoms with van der Waals surface area (Å²) in [5.74, 6) is -0.606. The number of carbonyl (C=O) groups excluding carboxylic acids is 1. The third kappa shape index (κ3) is 5.07. The Labute approximate surface area is 194 Å². The van der Waals surface area contributed by atoms with Crippen molar-refractivity contribution in [3.63, 3.8) is 0 Å². The van der Waals surface area contributed by atoms with Gasteiger partial charge in [-0.1, -0.05) is 23.7 Å². The van der Waals surface area contributed by atoms with Gasteiger partial charge in [0, 0.05) is 36.8 Å². The number of ether oxygens (including phenoxy) is 1. The Balaban J connectivity index is 1.51. The van der Waals surface area contributed by atoms with Gasteiger partial charge in [-0.2, -0.15) is 5.10 Å². The summed E-state index contributed by atoms with van der Waals surface area (Å²) in [6, 6.07) is 8.49. The summed E-state index contributed by atoms with van der Waals surface area (Å²) >= 11 is 7.59. The third-order valence-electron chi connectivity index (χ3n) is 5.06. The molecule has 0 radical (unpaired) electrons. The Morgan fingerprint density at radius 3 is 2.72 bits per heavy atom. The smallest absolute Gasteiger partial charge is 0.281 e. The fraction of sp³-hybridized carbons (Fsp3) is 0.364. The maximum atomic E-state index is 12.8. The second-order valence-corrected chi connectivity index (χ2v) is 9.18. The third-order valence-corrected chi connectivity index (χ3v) is 6.18. The minimum atomic E-state index is -0.606. The van der Waals surface area contributed by atoms with Gasteiger partial charge < -0.3 is 4.74 Å². The first-order chi connectivity index (χ1) is 15.3. The van der Waals surface area contributed by atoms with E-state index in [9.17, 15) is 9.59 Å². The summed E-state index contributed by atoms with van der Waals surface area (Å²) in [5, 5.41) is 9.78. The van der Waals surface area contributed by atoms with E-state index >= 15 is 0 Å². The van der Waals surface area contributed by atoms with Crippen molar-refractivity contribution in [2.45, 2.75) is 39.5 Å². The van der Waals surface area contributed by atoms with E-state index in [1.807, 2.05) is 11.4 Å². The van der Waals surface area contributed by atoms with Crippen LogP contribution in [0.2, 0.25) is 5.02 Å². The van der Waals surface area contributed by atoms with Crippen molar-refractivity contribution < 1.29 is 9.53 Å². The van der Waals surface area contributed by atoms with Gasteiger partial charge in [-0.15, -0.1) is 11.3 Å². The Kier molecular flexibility index (Phi) is 6.71. The average molecular weight is 474 g/mol. The quantitative estimate of drug-likeness (QED) is 0.610. The number of aryl methyl sites for hydroxylation is 1. The highest BCUT2D eigenvalue weighted by Crippen LogP contribution is 2.21. The summed E-state index contributed by atoms with van der Waals surface area (Å²) in [5.41, 5.74) is 1.34.